The molecule has 0 spiro atoms. The Bertz CT molecular complexity index is 639. The van der Waals surface area contributed by atoms with Crippen molar-refractivity contribution in [3.63, 3.8) is 0 Å². The third kappa shape index (κ3) is 3.19. The highest BCUT2D eigenvalue weighted by Gasteiger charge is 2.33. The van der Waals surface area contributed by atoms with Crippen molar-refractivity contribution in [1.29, 1.82) is 0 Å². The topological polar surface area (TPSA) is 84.9 Å². The Hall–Kier alpha value is -2.41. The molecule has 1 N–H and O–H groups in total. The van der Waals surface area contributed by atoms with E-state index in [1.54, 1.807) is 24.3 Å². The van der Waals surface area contributed by atoms with Gasteiger partial charge in [0.25, 0.3) is 5.91 Å². The summed E-state index contributed by atoms with van der Waals surface area (Å²) in [6.45, 7) is 1.93. The first-order valence-electron chi connectivity index (χ1n) is 7.58. The fourth-order valence-electron chi connectivity index (χ4n) is 2.71. The summed E-state index contributed by atoms with van der Waals surface area (Å²) < 4.78 is 10.5. The number of carbonyl (C=O) groups is 3. The molecule has 23 heavy (non-hydrogen) atoms. The highest BCUT2D eigenvalue weighted by Crippen LogP contribution is 2.29. The van der Waals surface area contributed by atoms with Gasteiger partial charge in [-0.05, 0) is 31.9 Å². The molecule has 122 valence electrons. The number of hydrogen-bond donors (Lipinski definition) is 1. The van der Waals surface area contributed by atoms with Gasteiger partial charge in [-0.3, -0.25) is 14.5 Å². The van der Waals surface area contributed by atoms with Crippen LogP contribution in [0.4, 0.5) is 11.4 Å². The lowest BCUT2D eigenvalue weighted by atomic mass is 10.1. The van der Waals surface area contributed by atoms with E-state index in [4.69, 9.17) is 9.47 Å². The zero-order chi connectivity index (χ0) is 16.4. The van der Waals surface area contributed by atoms with Gasteiger partial charge in [-0.2, -0.15) is 0 Å². The lowest BCUT2D eigenvalue weighted by molar-refractivity contribution is -0.162. The van der Waals surface area contributed by atoms with Crippen LogP contribution in [0, 0.1) is 0 Å². The third-order valence-corrected chi connectivity index (χ3v) is 3.87. The van der Waals surface area contributed by atoms with E-state index >= 15 is 0 Å². The predicted molar refractivity (Wildman–Crippen MR) is 82.0 cm³/mol. The first kappa shape index (κ1) is 15.5. The summed E-state index contributed by atoms with van der Waals surface area (Å²) in [6.07, 6.45) is -0.163. The summed E-state index contributed by atoms with van der Waals surface area (Å²) >= 11 is 0. The molecule has 1 fully saturated rings. The average Bonchev–Trinajstić information content (AvgIpc) is 3.07. The zero-order valence-corrected chi connectivity index (χ0v) is 12.8. The molecule has 0 saturated carbocycles. The number of anilines is 2. The van der Waals surface area contributed by atoms with Crippen molar-refractivity contribution in [1.82, 2.24) is 0 Å². The van der Waals surface area contributed by atoms with Gasteiger partial charge in [-0.1, -0.05) is 12.1 Å². The van der Waals surface area contributed by atoms with E-state index < -0.39 is 24.1 Å². The average molecular weight is 318 g/mol. The fraction of sp³-hybridized carbons (Fsp3) is 0.438. The van der Waals surface area contributed by atoms with Crippen molar-refractivity contribution < 1.29 is 23.9 Å². The highest BCUT2D eigenvalue weighted by molar-refractivity contribution is 6.11. The molecule has 1 saturated heterocycles. The number of carbonyl (C=O) groups excluding carboxylic acids is 3. The molecule has 0 unspecified atom stereocenters. The number of amides is 2. The molecular formula is C16H18N2O5. The Kier molecular flexibility index (Phi) is 4.29. The van der Waals surface area contributed by atoms with Crippen LogP contribution >= 0.6 is 0 Å². The molecule has 0 radical (unpaired) electrons. The Morgan fingerprint density at radius 1 is 1.39 bits per heavy atom. The Morgan fingerprint density at radius 2 is 2.17 bits per heavy atom. The van der Waals surface area contributed by atoms with Gasteiger partial charge in [0, 0.05) is 6.61 Å². The minimum Gasteiger partial charge on any atom is -0.451 e. The van der Waals surface area contributed by atoms with E-state index in [2.05, 4.69) is 5.32 Å². The Morgan fingerprint density at radius 3 is 2.91 bits per heavy atom. The summed E-state index contributed by atoms with van der Waals surface area (Å²) in [7, 11) is 0. The quantitative estimate of drug-likeness (QED) is 0.843. The van der Waals surface area contributed by atoms with Gasteiger partial charge in [0.1, 0.15) is 6.54 Å². The lowest BCUT2D eigenvalue weighted by Crippen LogP contribution is -2.47. The maximum absolute atomic E-state index is 12.6. The molecule has 2 aliphatic rings. The van der Waals surface area contributed by atoms with E-state index in [-0.39, 0.29) is 12.5 Å². The smallest absolute Gasteiger partial charge is 0.336 e. The van der Waals surface area contributed by atoms with E-state index in [0.717, 1.165) is 6.42 Å². The fourth-order valence-corrected chi connectivity index (χ4v) is 2.71. The summed E-state index contributed by atoms with van der Waals surface area (Å²) in [5, 5.41) is 2.71. The Labute approximate surface area is 133 Å². The molecule has 0 aliphatic carbocycles. The summed E-state index contributed by atoms with van der Waals surface area (Å²) in [5.41, 5.74) is 1.16. The van der Waals surface area contributed by atoms with Gasteiger partial charge < -0.3 is 14.8 Å². The lowest BCUT2D eigenvalue weighted by Gasteiger charge is -2.31. The largest absolute Gasteiger partial charge is 0.451 e. The van der Waals surface area contributed by atoms with Crippen LogP contribution in [0.5, 0.6) is 0 Å². The molecule has 2 aliphatic heterocycles. The van der Waals surface area contributed by atoms with Crippen LogP contribution in [0.1, 0.15) is 19.8 Å². The summed E-state index contributed by atoms with van der Waals surface area (Å²) in [5.74, 6) is -1.24. The van der Waals surface area contributed by atoms with Crippen LogP contribution in [0.2, 0.25) is 0 Å². The number of rotatable bonds is 3. The first-order valence-corrected chi connectivity index (χ1v) is 7.58. The van der Waals surface area contributed by atoms with E-state index in [9.17, 15) is 14.4 Å². The molecule has 1 aromatic carbocycles. The minimum absolute atomic E-state index is 0.0995. The number of ether oxygens (including phenoxy) is 2. The number of esters is 1. The molecule has 2 amide bonds. The van der Waals surface area contributed by atoms with Crippen LogP contribution in [0.3, 0.4) is 0 Å². The summed E-state index contributed by atoms with van der Waals surface area (Å²) in [4.78, 5) is 37.6. The number of nitrogens with zero attached hydrogens (tertiary/aromatic N) is 1. The molecule has 3 rings (SSSR count). The van der Waals surface area contributed by atoms with Crippen LogP contribution in [0.25, 0.3) is 0 Å². The number of benzene rings is 1. The molecule has 2 atom stereocenters. The second kappa shape index (κ2) is 6.37. The predicted octanol–water partition coefficient (Wildman–Crippen LogP) is 1.08. The van der Waals surface area contributed by atoms with Crippen molar-refractivity contribution in [2.24, 2.45) is 0 Å². The molecule has 7 nitrogen and oxygen atoms in total. The first-order chi connectivity index (χ1) is 11.1. The number of nitrogens with one attached hydrogen (secondary N) is 1. The van der Waals surface area contributed by atoms with Crippen molar-refractivity contribution in [3.05, 3.63) is 24.3 Å². The molecule has 1 aromatic rings. The molecule has 2 heterocycles. The molecule has 0 bridgehead atoms. The van der Waals surface area contributed by atoms with E-state index in [0.29, 0.717) is 24.4 Å². The van der Waals surface area contributed by atoms with Gasteiger partial charge in [-0.25, -0.2) is 4.79 Å². The van der Waals surface area contributed by atoms with Gasteiger partial charge in [0.05, 0.1) is 11.4 Å². The zero-order valence-electron chi connectivity index (χ0n) is 12.8. The highest BCUT2D eigenvalue weighted by atomic mass is 16.6. The summed E-state index contributed by atoms with van der Waals surface area (Å²) in [6, 6.07) is 7.00. The molecule has 0 aromatic heterocycles. The van der Waals surface area contributed by atoms with Crippen LogP contribution in [0.15, 0.2) is 24.3 Å². The standard InChI is InChI=1S/C16H18N2O5/c1-10(23-16(21)13-7-4-8-22-13)15(20)18-9-14(19)17-11-5-2-3-6-12(11)18/h2-3,5-6,10,13H,4,7-9H2,1H3,(H,17,19)/t10-,13-/m0/s1. The van der Waals surface area contributed by atoms with Gasteiger partial charge in [-0.15, -0.1) is 0 Å². The van der Waals surface area contributed by atoms with Crippen LogP contribution in [-0.2, 0) is 23.9 Å². The van der Waals surface area contributed by atoms with E-state index in [1.807, 2.05) is 0 Å². The second-order valence-corrected chi connectivity index (χ2v) is 5.57. The number of para-hydroxylation sites is 2. The maximum Gasteiger partial charge on any atom is 0.336 e. The monoisotopic (exact) mass is 318 g/mol. The normalized spacial score (nSPS) is 21.3. The van der Waals surface area contributed by atoms with Crippen molar-refractivity contribution in [2.75, 3.05) is 23.4 Å². The van der Waals surface area contributed by atoms with E-state index in [1.165, 1.54) is 11.8 Å². The maximum atomic E-state index is 12.6. The van der Waals surface area contributed by atoms with Gasteiger partial charge in [0.15, 0.2) is 12.2 Å². The second-order valence-electron chi connectivity index (χ2n) is 5.57. The minimum atomic E-state index is -0.981. The van der Waals surface area contributed by atoms with Crippen LogP contribution < -0.4 is 10.2 Å². The molecule has 7 heteroatoms. The SMILES string of the molecule is C[C@H](OC(=O)[C@@H]1CCCO1)C(=O)N1CC(=O)Nc2ccccc21. The van der Waals surface area contributed by atoms with Crippen molar-refractivity contribution in [2.45, 2.75) is 32.0 Å². The van der Waals surface area contributed by atoms with Crippen molar-refractivity contribution >= 4 is 29.2 Å². The Balaban J connectivity index is 1.72. The van der Waals surface area contributed by atoms with Crippen molar-refractivity contribution in [3.8, 4) is 0 Å². The van der Waals surface area contributed by atoms with Gasteiger partial charge in [0.2, 0.25) is 5.91 Å². The number of hydrogen-bond acceptors (Lipinski definition) is 5. The van der Waals surface area contributed by atoms with Gasteiger partial charge >= 0.3 is 5.97 Å². The van der Waals surface area contributed by atoms with Crippen LogP contribution in [-0.4, -0.2) is 43.1 Å². The number of fused-ring (bicyclic) bond motifs is 1. The third-order valence-electron chi connectivity index (χ3n) is 3.87. The molecular weight excluding hydrogens is 300 g/mol.